The molecule has 1 atom stereocenters. The highest BCUT2D eigenvalue weighted by Gasteiger charge is 2.40. The first kappa shape index (κ1) is 18.7. The molecule has 2 aromatic rings. The van der Waals surface area contributed by atoms with Gasteiger partial charge in [0.25, 0.3) is 0 Å². The number of nitrogens with one attached hydrogen (secondary N) is 1. The number of benzene rings is 2. The molecule has 1 N–H and O–H groups in total. The third kappa shape index (κ3) is 4.01. The molecule has 7 nitrogen and oxygen atoms in total. The number of carboxylic acid groups (broad SMARTS) is 1. The number of hydrogen-bond donors (Lipinski definition) is 1. The van der Waals surface area contributed by atoms with Gasteiger partial charge in [0.1, 0.15) is 0 Å². The Hall–Kier alpha value is -3.13. The van der Waals surface area contributed by atoms with E-state index in [1.54, 1.807) is 42.5 Å². The summed E-state index contributed by atoms with van der Waals surface area (Å²) in [6.07, 6.45) is -0.0294. The average molecular weight is 383 g/mol. The van der Waals surface area contributed by atoms with Crippen LogP contribution in [0.3, 0.4) is 0 Å². The van der Waals surface area contributed by atoms with Gasteiger partial charge < -0.3 is 15.2 Å². The van der Waals surface area contributed by atoms with Crippen molar-refractivity contribution in [2.45, 2.75) is 23.5 Å². The molecule has 0 spiro atoms. The van der Waals surface area contributed by atoms with Gasteiger partial charge in [0.15, 0.2) is 0 Å². The lowest BCUT2D eigenvalue weighted by Gasteiger charge is -2.16. The lowest BCUT2D eigenvalue weighted by Crippen LogP contribution is -2.31. The van der Waals surface area contributed by atoms with Crippen molar-refractivity contribution < 1.29 is 24.3 Å². The first-order chi connectivity index (χ1) is 12.9. The van der Waals surface area contributed by atoms with Crippen LogP contribution in [0.5, 0.6) is 0 Å². The van der Waals surface area contributed by atoms with Gasteiger partial charge in [-0.3, -0.25) is 14.4 Å². The molecule has 1 aliphatic heterocycles. The Kier molecular flexibility index (Phi) is 5.27. The normalized spacial score (nSPS) is 16.5. The van der Waals surface area contributed by atoms with Gasteiger partial charge in [-0.2, -0.15) is 0 Å². The SMILES string of the molecule is CC(=O)Nc1ccc(N2C(=O)C[C@H](Sc3ccccc3C(=O)[O-])C2=O)cc1. The average Bonchev–Trinajstić information content (AvgIpc) is 2.89. The molecule has 0 aliphatic carbocycles. The Morgan fingerprint density at radius 2 is 1.78 bits per heavy atom. The van der Waals surface area contributed by atoms with Gasteiger partial charge >= 0.3 is 0 Å². The summed E-state index contributed by atoms with van der Waals surface area (Å²) < 4.78 is 0. The van der Waals surface area contributed by atoms with Gasteiger partial charge in [-0.25, -0.2) is 4.90 Å². The highest BCUT2D eigenvalue weighted by Crippen LogP contribution is 2.35. The summed E-state index contributed by atoms with van der Waals surface area (Å²) in [5, 5.41) is 13.1. The van der Waals surface area contributed by atoms with Gasteiger partial charge in [0.2, 0.25) is 17.7 Å². The molecule has 1 heterocycles. The molecule has 3 amide bonds. The number of carbonyl (C=O) groups excluding carboxylic acids is 4. The van der Waals surface area contributed by atoms with E-state index in [0.29, 0.717) is 16.3 Å². The van der Waals surface area contributed by atoms with Crippen LogP contribution in [0.15, 0.2) is 53.4 Å². The minimum absolute atomic E-state index is 0.0131. The Morgan fingerprint density at radius 1 is 1.11 bits per heavy atom. The topological polar surface area (TPSA) is 107 Å². The lowest BCUT2D eigenvalue weighted by atomic mass is 10.2. The summed E-state index contributed by atoms with van der Waals surface area (Å²) in [7, 11) is 0. The quantitative estimate of drug-likeness (QED) is 0.783. The molecule has 138 valence electrons. The molecule has 1 fully saturated rings. The molecule has 8 heteroatoms. The molecular formula is C19H15N2O5S-. The van der Waals surface area contributed by atoms with Crippen LogP contribution in [0.1, 0.15) is 23.7 Å². The molecule has 0 aromatic heterocycles. The number of imide groups is 1. The highest BCUT2D eigenvalue weighted by molar-refractivity contribution is 8.00. The Morgan fingerprint density at radius 3 is 2.41 bits per heavy atom. The van der Waals surface area contributed by atoms with E-state index in [1.807, 2.05) is 0 Å². The van der Waals surface area contributed by atoms with Crippen LogP contribution in [0.2, 0.25) is 0 Å². The predicted octanol–water partition coefficient (Wildman–Crippen LogP) is 1.43. The summed E-state index contributed by atoms with van der Waals surface area (Å²) >= 11 is 1.04. The second-order valence-corrected chi connectivity index (χ2v) is 7.13. The molecular weight excluding hydrogens is 368 g/mol. The number of anilines is 2. The maximum Gasteiger partial charge on any atom is 0.247 e. The van der Waals surface area contributed by atoms with Crippen LogP contribution in [0, 0.1) is 0 Å². The van der Waals surface area contributed by atoms with Crippen molar-refractivity contribution in [3.63, 3.8) is 0 Å². The Labute approximate surface area is 159 Å². The van der Waals surface area contributed by atoms with Crippen LogP contribution in [-0.4, -0.2) is 28.9 Å². The second-order valence-electron chi connectivity index (χ2n) is 5.89. The molecule has 1 saturated heterocycles. The van der Waals surface area contributed by atoms with E-state index in [-0.39, 0.29) is 23.8 Å². The zero-order valence-electron chi connectivity index (χ0n) is 14.3. The Balaban J connectivity index is 1.79. The summed E-state index contributed by atoms with van der Waals surface area (Å²) in [4.78, 5) is 48.8. The van der Waals surface area contributed by atoms with Crippen molar-refractivity contribution in [2.24, 2.45) is 0 Å². The van der Waals surface area contributed by atoms with Crippen molar-refractivity contribution >= 4 is 46.8 Å². The van der Waals surface area contributed by atoms with E-state index in [4.69, 9.17) is 0 Å². The van der Waals surface area contributed by atoms with Crippen LogP contribution in [0.4, 0.5) is 11.4 Å². The van der Waals surface area contributed by atoms with Crippen LogP contribution < -0.4 is 15.3 Å². The van der Waals surface area contributed by atoms with E-state index in [9.17, 15) is 24.3 Å². The van der Waals surface area contributed by atoms with Gasteiger partial charge in [-0.1, -0.05) is 18.2 Å². The van der Waals surface area contributed by atoms with Crippen molar-refractivity contribution in [2.75, 3.05) is 10.2 Å². The van der Waals surface area contributed by atoms with E-state index < -0.39 is 17.1 Å². The number of thioether (sulfide) groups is 1. The lowest BCUT2D eigenvalue weighted by molar-refractivity contribution is -0.255. The number of amides is 3. The second kappa shape index (κ2) is 7.63. The maximum absolute atomic E-state index is 12.7. The minimum Gasteiger partial charge on any atom is -0.545 e. The zero-order valence-corrected chi connectivity index (χ0v) is 15.1. The van der Waals surface area contributed by atoms with Crippen LogP contribution in [0.25, 0.3) is 0 Å². The van der Waals surface area contributed by atoms with Crippen LogP contribution in [-0.2, 0) is 14.4 Å². The fraction of sp³-hybridized carbons (Fsp3) is 0.158. The zero-order chi connectivity index (χ0) is 19.6. The summed E-state index contributed by atoms with van der Waals surface area (Å²) in [6, 6.07) is 12.6. The number of aromatic carboxylic acids is 1. The van der Waals surface area contributed by atoms with Gasteiger partial charge in [0.05, 0.1) is 16.9 Å². The molecule has 1 aliphatic rings. The third-order valence-corrected chi connectivity index (χ3v) is 5.19. The summed E-state index contributed by atoms with van der Waals surface area (Å²) in [5.41, 5.74) is 0.940. The molecule has 27 heavy (non-hydrogen) atoms. The van der Waals surface area contributed by atoms with Gasteiger partial charge in [-0.05, 0) is 30.3 Å². The number of nitrogens with zero attached hydrogens (tertiary/aromatic N) is 1. The van der Waals surface area contributed by atoms with Crippen molar-refractivity contribution in [3.05, 3.63) is 54.1 Å². The van der Waals surface area contributed by atoms with Gasteiger partial charge in [-0.15, -0.1) is 11.8 Å². The standard InChI is InChI=1S/C19H16N2O5S/c1-11(22)20-12-6-8-13(9-7-12)21-17(23)10-16(18(21)24)27-15-5-3-2-4-14(15)19(25)26/h2-9,16H,10H2,1H3,(H,20,22)(H,25,26)/p-1/t16-/m0/s1. The van der Waals surface area contributed by atoms with E-state index in [1.165, 1.54) is 13.0 Å². The molecule has 0 radical (unpaired) electrons. The van der Waals surface area contributed by atoms with E-state index in [0.717, 1.165) is 16.7 Å². The number of hydrogen-bond acceptors (Lipinski definition) is 6. The van der Waals surface area contributed by atoms with Crippen LogP contribution >= 0.6 is 11.8 Å². The number of carboxylic acids is 1. The summed E-state index contributed by atoms with van der Waals surface area (Å²) in [6.45, 7) is 1.38. The Bertz CT molecular complexity index is 926. The minimum atomic E-state index is -1.33. The van der Waals surface area contributed by atoms with E-state index >= 15 is 0 Å². The molecule has 0 bridgehead atoms. The van der Waals surface area contributed by atoms with Gasteiger partial charge in [0, 0.05) is 29.5 Å². The largest absolute Gasteiger partial charge is 0.545 e. The van der Waals surface area contributed by atoms with E-state index in [2.05, 4.69) is 5.32 Å². The fourth-order valence-electron chi connectivity index (χ4n) is 2.76. The predicted molar refractivity (Wildman–Crippen MR) is 98.3 cm³/mol. The number of rotatable bonds is 5. The fourth-order valence-corrected chi connectivity index (χ4v) is 3.93. The summed E-state index contributed by atoms with van der Waals surface area (Å²) in [5.74, 6) is -2.33. The number of carbonyl (C=O) groups is 4. The first-order valence-electron chi connectivity index (χ1n) is 8.08. The van der Waals surface area contributed by atoms with Crippen molar-refractivity contribution in [3.8, 4) is 0 Å². The maximum atomic E-state index is 12.7. The highest BCUT2D eigenvalue weighted by atomic mass is 32.2. The third-order valence-electron chi connectivity index (χ3n) is 3.93. The molecule has 2 aromatic carbocycles. The van der Waals surface area contributed by atoms with Crippen molar-refractivity contribution in [1.29, 1.82) is 0 Å². The molecule has 3 rings (SSSR count). The molecule has 0 saturated carbocycles. The monoisotopic (exact) mass is 383 g/mol. The first-order valence-corrected chi connectivity index (χ1v) is 8.96. The molecule has 0 unspecified atom stereocenters. The van der Waals surface area contributed by atoms with Crippen molar-refractivity contribution in [1.82, 2.24) is 0 Å². The smallest absolute Gasteiger partial charge is 0.247 e.